The lowest BCUT2D eigenvalue weighted by molar-refractivity contribution is 0.336. The van der Waals surface area contributed by atoms with Crippen LogP contribution in [-0.4, -0.2) is 21.6 Å². The Labute approximate surface area is 131 Å². The average molecular weight is 320 g/mol. The lowest BCUT2D eigenvalue weighted by Crippen LogP contribution is -2.09. The van der Waals surface area contributed by atoms with E-state index in [1.165, 1.54) is 0 Å². The second-order valence-corrected chi connectivity index (χ2v) is 6.37. The van der Waals surface area contributed by atoms with Crippen LogP contribution in [0.5, 0.6) is 5.75 Å². The molecule has 0 unspecified atom stereocenters. The van der Waals surface area contributed by atoms with Gasteiger partial charge in [-0.25, -0.2) is 0 Å². The Kier molecular flexibility index (Phi) is 5.57. The molecule has 0 atom stereocenters. The summed E-state index contributed by atoms with van der Waals surface area (Å²) in [5.41, 5.74) is 2.49. The third kappa shape index (κ3) is 4.32. The van der Waals surface area contributed by atoms with E-state index in [-0.39, 0.29) is 12.4 Å². The van der Waals surface area contributed by atoms with Crippen LogP contribution in [0.1, 0.15) is 19.4 Å². The molecule has 0 bridgehead atoms. The van der Waals surface area contributed by atoms with Crippen LogP contribution < -0.4 is 4.74 Å². The third-order valence-corrected chi connectivity index (χ3v) is 4.37. The molecule has 22 heavy (non-hydrogen) atoms. The second-order valence-electron chi connectivity index (χ2n) is 4.73. The van der Waals surface area contributed by atoms with Crippen molar-refractivity contribution in [3.8, 4) is 16.9 Å². The van der Waals surface area contributed by atoms with Crippen LogP contribution in [0, 0.1) is 0 Å². The van der Waals surface area contributed by atoms with Crippen molar-refractivity contribution in [2.75, 3.05) is 13.2 Å². The minimum atomic E-state index is -3.58. The van der Waals surface area contributed by atoms with Gasteiger partial charge in [-0.2, -0.15) is 8.42 Å². The molecule has 2 rings (SSSR count). The van der Waals surface area contributed by atoms with Gasteiger partial charge in [0.05, 0.1) is 13.2 Å². The zero-order valence-corrected chi connectivity index (χ0v) is 13.6. The molecular weight excluding hydrogens is 300 g/mol. The smallest absolute Gasteiger partial charge is 0.271 e. The van der Waals surface area contributed by atoms with Gasteiger partial charge >= 0.3 is 0 Å². The van der Waals surface area contributed by atoms with E-state index < -0.39 is 10.1 Å². The molecule has 0 N–H and O–H groups in total. The van der Waals surface area contributed by atoms with Crippen molar-refractivity contribution in [2.24, 2.45) is 0 Å². The first-order chi connectivity index (χ1) is 10.6. The van der Waals surface area contributed by atoms with E-state index in [2.05, 4.69) is 0 Å². The first-order valence-electron chi connectivity index (χ1n) is 7.24. The summed E-state index contributed by atoms with van der Waals surface area (Å²) in [6.45, 7) is 4.27. The van der Waals surface area contributed by atoms with Gasteiger partial charge in [-0.3, -0.25) is 4.18 Å². The summed E-state index contributed by atoms with van der Waals surface area (Å²) in [6, 6.07) is 15.1. The maximum Gasteiger partial charge on any atom is 0.271 e. The molecule has 0 aliphatic rings. The Morgan fingerprint density at radius 1 is 0.955 bits per heavy atom. The van der Waals surface area contributed by atoms with E-state index in [0.717, 1.165) is 16.9 Å². The molecule has 4 nitrogen and oxygen atoms in total. The zero-order chi connectivity index (χ0) is 16.0. The fraction of sp³-hybridized carbons (Fsp3) is 0.294. The summed E-state index contributed by atoms with van der Waals surface area (Å²) in [6.07, 6.45) is 0. The van der Waals surface area contributed by atoms with Crippen LogP contribution in [0.25, 0.3) is 11.1 Å². The summed E-state index contributed by atoms with van der Waals surface area (Å²) in [7, 11) is -3.58. The molecular formula is C17H20O4S. The minimum Gasteiger partial charge on any atom is -0.494 e. The molecule has 0 spiro atoms. The van der Waals surface area contributed by atoms with E-state index in [1.54, 1.807) is 19.1 Å². The lowest BCUT2D eigenvalue weighted by atomic mass is 10.0. The number of hydrogen-bond donors (Lipinski definition) is 0. The van der Waals surface area contributed by atoms with Crippen molar-refractivity contribution in [1.82, 2.24) is 0 Å². The van der Waals surface area contributed by atoms with Crippen LogP contribution in [0.4, 0.5) is 0 Å². The first-order valence-corrected chi connectivity index (χ1v) is 8.81. The van der Waals surface area contributed by atoms with Gasteiger partial charge in [0.15, 0.2) is 0 Å². The Hall–Kier alpha value is -1.85. The Balaban J connectivity index is 2.45. The molecule has 0 heterocycles. The van der Waals surface area contributed by atoms with Crippen molar-refractivity contribution in [2.45, 2.75) is 19.6 Å². The molecule has 2 aromatic rings. The summed E-state index contributed by atoms with van der Waals surface area (Å²) in [5, 5.41) is 0. The number of hydrogen-bond acceptors (Lipinski definition) is 4. The normalized spacial score (nSPS) is 11.4. The van der Waals surface area contributed by atoms with E-state index >= 15 is 0 Å². The van der Waals surface area contributed by atoms with Crippen LogP contribution in [-0.2, 0) is 20.1 Å². The zero-order valence-electron chi connectivity index (χ0n) is 12.8. The highest BCUT2D eigenvalue weighted by Gasteiger charge is 2.16. The molecule has 118 valence electrons. The quantitative estimate of drug-likeness (QED) is 0.731. The molecule has 0 amide bonds. The van der Waals surface area contributed by atoms with Crippen molar-refractivity contribution >= 4 is 10.1 Å². The summed E-state index contributed by atoms with van der Waals surface area (Å²) >= 11 is 0. The maximum atomic E-state index is 11.9. The fourth-order valence-corrected chi connectivity index (χ4v) is 3.31. The molecule has 0 aromatic heterocycles. The predicted molar refractivity (Wildman–Crippen MR) is 87.3 cm³/mol. The fourth-order valence-electron chi connectivity index (χ4n) is 2.24. The van der Waals surface area contributed by atoms with Crippen LogP contribution in [0.3, 0.4) is 0 Å². The highest BCUT2D eigenvalue weighted by Crippen LogP contribution is 2.29. The van der Waals surface area contributed by atoms with Gasteiger partial charge in [0, 0.05) is 0 Å². The molecule has 5 heteroatoms. The van der Waals surface area contributed by atoms with E-state index in [1.807, 2.05) is 43.3 Å². The van der Waals surface area contributed by atoms with Gasteiger partial charge in [-0.1, -0.05) is 36.4 Å². The monoisotopic (exact) mass is 320 g/mol. The van der Waals surface area contributed by atoms with Gasteiger partial charge in [0.1, 0.15) is 11.5 Å². The SMILES string of the molecule is CCOc1ccc(CS(=O)(=O)OCC)c(-c2ccccc2)c1. The van der Waals surface area contributed by atoms with Crippen LogP contribution in [0.15, 0.2) is 48.5 Å². The van der Waals surface area contributed by atoms with Crippen molar-refractivity contribution in [1.29, 1.82) is 0 Å². The van der Waals surface area contributed by atoms with Gasteiger partial charge < -0.3 is 4.74 Å². The second kappa shape index (κ2) is 7.42. The van der Waals surface area contributed by atoms with Crippen molar-refractivity contribution in [3.63, 3.8) is 0 Å². The van der Waals surface area contributed by atoms with Gasteiger partial charge in [-0.05, 0) is 42.7 Å². The summed E-state index contributed by atoms with van der Waals surface area (Å²) < 4.78 is 34.2. The number of benzene rings is 2. The molecule has 0 aliphatic carbocycles. The average Bonchev–Trinajstić information content (AvgIpc) is 2.49. The highest BCUT2D eigenvalue weighted by atomic mass is 32.2. The molecule has 0 radical (unpaired) electrons. The Bertz CT molecular complexity index is 709. The largest absolute Gasteiger partial charge is 0.494 e. The van der Waals surface area contributed by atoms with Gasteiger partial charge in [0.2, 0.25) is 0 Å². The Morgan fingerprint density at radius 2 is 1.68 bits per heavy atom. The van der Waals surface area contributed by atoms with E-state index in [4.69, 9.17) is 8.92 Å². The van der Waals surface area contributed by atoms with Gasteiger partial charge in [0.25, 0.3) is 10.1 Å². The third-order valence-electron chi connectivity index (χ3n) is 3.11. The minimum absolute atomic E-state index is 0.139. The molecule has 0 saturated heterocycles. The number of ether oxygens (including phenoxy) is 1. The van der Waals surface area contributed by atoms with Crippen molar-refractivity contribution in [3.05, 3.63) is 54.1 Å². The van der Waals surface area contributed by atoms with E-state index in [0.29, 0.717) is 12.2 Å². The molecule has 0 saturated carbocycles. The standard InChI is InChI=1S/C17H20O4S/c1-3-20-16-11-10-15(13-22(18,19)21-4-2)17(12-16)14-8-6-5-7-9-14/h5-12H,3-4,13H2,1-2H3. The van der Waals surface area contributed by atoms with Crippen LogP contribution >= 0.6 is 0 Å². The highest BCUT2D eigenvalue weighted by molar-refractivity contribution is 7.85. The van der Waals surface area contributed by atoms with Crippen LogP contribution in [0.2, 0.25) is 0 Å². The first kappa shape index (κ1) is 16.5. The summed E-state index contributed by atoms with van der Waals surface area (Å²) in [5.74, 6) is 0.566. The van der Waals surface area contributed by atoms with Crippen molar-refractivity contribution < 1.29 is 17.3 Å². The topological polar surface area (TPSA) is 52.6 Å². The summed E-state index contributed by atoms with van der Waals surface area (Å²) in [4.78, 5) is 0. The maximum absolute atomic E-state index is 11.9. The number of rotatable bonds is 7. The predicted octanol–water partition coefficient (Wildman–Crippen LogP) is 3.62. The lowest BCUT2D eigenvalue weighted by Gasteiger charge is -2.13. The van der Waals surface area contributed by atoms with E-state index in [9.17, 15) is 8.42 Å². The Morgan fingerprint density at radius 3 is 2.32 bits per heavy atom. The van der Waals surface area contributed by atoms with Gasteiger partial charge in [-0.15, -0.1) is 0 Å². The molecule has 0 aliphatic heterocycles. The molecule has 0 fully saturated rings. The molecule has 2 aromatic carbocycles.